The summed E-state index contributed by atoms with van der Waals surface area (Å²) >= 11 is 0. The van der Waals surface area contributed by atoms with E-state index < -0.39 is 11.9 Å². The van der Waals surface area contributed by atoms with E-state index in [1.54, 1.807) is 43.5 Å². The Balaban J connectivity index is 1.65. The molecule has 0 aromatic heterocycles. The van der Waals surface area contributed by atoms with Crippen LogP contribution in [0.5, 0.6) is 11.5 Å². The molecule has 0 aliphatic heterocycles. The third kappa shape index (κ3) is 6.17. The first-order valence-electron chi connectivity index (χ1n) is 7.79. The van der Waals surface area contributed by atoms with Gasteiger partial charge in [0.05, 0.1) is 18.7 Å². The third-order valence-electron chi connectivity index (χ3n) is 3.35. The maximum absolute atomic E-state index is 11.7. The van der Waals surface area contributed by atoms with Gasteiger partial charge in [-0.15, -0.1) is 0 Å². The summed E-state index contributed by atoms with van der Waals surface area (Å²) in [4.78, 5) is 23.3. The molecule has 1 N–H and O–H groups in total. The summed E-state index contributed by atoms with van der Waals surface area (Å²) in [7, 11) is 1.58. The molecule has 26 heavy (non-hydrogen) atoms. The van der Waals surface area contributed by atoms with Crippen LogP contribution in [-0.4, -0.2) is 32.2 Å². The van der Waals surface area contributed by atoms with Crippen LogP contribution in [0.1, 0.15) is 11.1 Å². The van der Waals surface area contributed by atoms with Gasteiger partial charge in [-0.1, -0.05) is 12.1 Å². The molecular formula is C19H18N2O5. The molecule has 0 aliphatic rings. The minimum atomic E-state index is -0.658. The van der Waals surface area contributed by atoms with Crippen LogP contribution in [0.25, 0.3) is 0 Å². The van der Waals surface area contributed by atoms with Crippen molar-refractivity contribution in [3.8, 4) is 17.6 Å². The Morgan fingerprint density at radius 2 is 1.65 bits per heavy atom. The van der Waals surface area contributed by atoms with Crippen molar-refractivity contribution < 1.29 is 23.8 Å². The number of nitrogens with zero attached hydrogens (tertiary/aromatic N) is 1. The van der Waals surface area contributed by atoms with Crippen molar-refractivity contribution in [1.82, 2.24) is 5.32 Å². The average molecular weight is 354 g/mol. The smallest absolute Gasteiger partial charge is 0.344 e. The predicted molar refractivity (Wildman–Crippen MR) is 92.5 cm³/mol. The van der Waals surface area contributed by atoms with Crippen LogP contribution in [0.2, 0.25) is 0 Å². The minimum absolute atomic E-state index is 0.322. The molecule has 0 saturated carbocycles. The fraction of sp³-hybridized carbons (Fsp3) is 0.211. The number of nitriles is 1. The molecule has 7 nitrogen and oxygen atoms in total. The summed E-state index contributed by atoms with van der Waals surface area (Å²) in [6.45, 7) is -0.383. The zero-order valence-electron chi connectivity index (χ0n) is 14.2. The number of carbonyl (C=O) groups is 2. The minimum Gasteiger partial charge on any atom is -0.497 e. The van der Waals surface area contributed by atoms with Gasteiger partial charge < -0.3 is 19.5 Å². The monoisotopic (exact) mass is 354 g/mol. The van der Waals surface area contributed by atoms with Crippen LogP contribution in [-0.2, 0) is 20.9 Å². The summed E-state index contributed by atoms with van der Waals surface area (Å²) in [5.74, 6) is 0.0997. The van der Waals surface area contributed by atoms with Gasteiger partial charge in [0.1, 0.15) is 11.5 Å². The van der Waals surface area contributed by atoms with Crippen LogP contribution in [0.4, 0.5) is 0 Å². The first kappa shape index (κ1) is 18.8. The Hall–Kier alpha value is -3.53. The van der Waals surface area contributed by atoms with Crippen molar-refractivity contribution >= 4 is 11.9 Å². The number of rotatable bonds is 8. The van der Waals surface area contributed by atoms with Crippen molar-refractivity contribution in [3.05, 3.63) is 59.7 Å². The Labute approximate surface area is 151 Å². The number of carbonyl (C=O) groups excluding carboxylic acids is 2. The van der Waals surface area contributed by atoms with E-state index in [1.807, 2.05) is 18.2 Å². The van der Waals surface area contributed by atoms with Gasteiger partial charge in [0.25, 0.3) is 5.91 Å². The summed E-state index contributed by atoms with van der Waals surface area (Å²) in [5.41, 5.74) is 1.39. The van der Waals surface area contributed by atoms with E-state index in [1.165, 1.54) is 0 Å². The normalized spacial score (nSPS) is 9.69. The second-order valence-corrected chi connectivity index (χ2v) is 5.21. The molecule has 0 fully saturated rings. The highest BCUT2D eigenvalue weighted by Gasteiger charge is 2.08. The van der Waals surface area contributed by atoms with Gasteiger partial charge in [0.2, 0.25) is 0 Å². The van der Waals surface area contributed by atoms with Crippen LogP contribution >= 0.6 is 0 Å². The second kappa shape index (κ2) is 9.69. The van der Waals surface area contributed by atoms with Crippen molar-refractivity contribution in [3.63, 3.8) is 0 Å². The van der Waals surface area contributed by atoms with Gasteiger partial charge in [-0.25, -0.2) is 4.79 Å². The van der Waals surface area contributed by atoms with E-state index in [9.17, 15) is 9.59 Å². The molecule has 0 aliphatic carbocycles. The molecular weight excluding hydrogens is 336 g/mol. The number of amides is 1. The summed E-state index contributed by atoms with van der Waals surface area (Å²) in [6.07, 6.45) is 0. The van der Waals surface area contributed by atoms with Crippen molar-refractivity contribution in [2.75, 3.05) is 20.3 Å². The largest absolute Gasteiger partial charge is 0.497 e. The SMILES string of the molecule is COc1ccc(CNC(=O)COC(=O)COc2ccc(C#N)cc2)cc1. The van der Waals surface area contributed by atoms with Crippen LogP contribution in [0.3, 0.4) is 0 Å². The lowest BCUT2D eigenvalue weighted by molar-refractivity contribution is -0.150. The molecule has 2 aromatic rings. The third-order valence-corrected chi connectivity index (χ3v) is 3.35. The van der Waals surface area contributed by atoms with Gasteiger partial charge in [0.15, 0.2) is 13.2 Å². The van der Waals surface area contributed by atoms with Crippen LogP contribution in [0, 0.1) is 11.3 Å². The molecule has 2 aromatic carbocycles. The Kier molecular flexibility index (Phi) is 7.01. The Morgan fingerprint density at radius 1 is 1.00 bits per heavy atom. The van der Waals surface area contributed by atoms with Crippen molar-refractivity contribution in [1.29, 1.82) is 5.26 Å². The van der Waals surface area contributed by atoms with Gasteiger partial charge in [-0.05, 0) is 42.0 Å². The van der Waals surface area contributed by atoms with Gasteiger partial charge in [-0.2, -0.15) is 5.26 Å². The molecule has 134 valence electrons. The van der Waals surface area contributed by atoms with E-state index in [-0.39, 0.29) is 13.2 Å². The van der Waals surface area contributed by atoms with Gasteiger partial charge >= 0.3 is 5.97 Å². The van der Waals surface area contributed by atoms with E-state index in [0.717, 1.165) is 11.3 Å². The number of hydrogen-bond donors (Lipinski definition) is 1. The topological polar surface area (TPSA) is 97.7 Å². The van der Waals surface area contributed by atoms with Crippen LogP contribution in [0.15, 0.2) is 48.5 Å². The lowest BCUT2D eigenvalue weighted by Gasteiger charge is -2.08. The fourth-order valence-electron chi connectivity index (χ4n) is 1.95. The quantitative estimate of drug-likeness (QED) is 0.726. The van der Waals surface area contributed by atoms with Crippen LogP contribution < -0.4 is 14.8 Å². The zero-order chi connectivity index (χ0) is 18.8. The maximum Gasteiger partial charge on any atom is 0.344 e. The van der Waals surface area contributed by atoms with Crippen molar-refractivity contribution in [2.24, 2.45) is 0 Å². The molecule has 0 heterocycles. The zero-order valence-corrected chi connectivity index (χ0v) is 14.2. The molecule has 0 unspecified atom stereocenters. The average Bonchev–Trinajstić information content (AvgIpc) is 2.69. The lowest BCUT2D eigenvalue weighted by atomic mass is 10.2. The fourth-order valence-corrected chi connectivity index (χ4v) is 1.95. The molecule has 0 spiro atoms. The number of ether oxygens (including phenoxy) is 3. The van der Waals surface area contributed by atoms with E-state index >= 15 is 0 Å². The van der Waals surface area contributed by atoms with Gasteiger partial charge in [-0.3, -0.25) is 4.79 Å². The lowest BCUT2D eigenvalue weighted by Crippen LogP contribution is -2.29. The highest BCUT2D eigenvalue weighted by atomic mass is 16.6. The first-order valence-corrected chi connectivity index (χ1v) is 7.79. The number of esters is 1. The highest BCUT2D eigenvalue weighted by molar-refractivity contribution is 5.80. The highest BCUT2D eigenvalue weighted by Crippen LogP contribution is 2.12. The Bertz CT molecular complexity index is 779. The molecule has 7 heteroatoms. The summed E-state index contributed by atoms with van der Waals surface area (Å²) in [6, 6.07) is 15.5. The Morgan fingerprint density at radius 3 is 2.27 bits per heavy atom. The van der Waals surface area contributed by atoms with E-state index in [0.29, 0.717) is 17.9 Å². The summed E-state index contributed by atoms with van der Waals surface area (Å²) in [5, 5.41) is 11.4. The van der Waals surface area contributed by atoms with Gasteiger partial charge in [0, 0.05) is 6.54 Å². The first-order chi connectivity index (χ1) is 12.6. The van der Waals surface area contributed by atoms with E-state index in [4.69, 9.17) is 19.5 Å². The molecule has 0 atom stereocenters. The number of hydrogen-bond acceptors (Lipinski definition) is 6. The number of nitrogens with one attached hydrogen (secondary N) is 1. The van der Waals surface area contributed by atoms with Crippen molar-refractivity contribution in [2.45, 2.75) is 6.54 Å². The molecule has 0 saturated heterocycles. The molecule has 2 rings (SSSR count). The second-order valence-electron chi connectivity index (χ2n) is 5.21. The summed E-state index contributed by atoms with van der Waals surface area (Å²) < 4.78 is 15.1. The molecule has 0 bridgehead atoms. The number of methoxy groups -OCH3 is 1. The molecule has 1 amide bonds. The predicted octanol–water partition coefficient (Wildman–Crippen LogP) is 1.81. The standard InChI is InChI=1S/C19H18N2O5/c1-24-16-6-4-15(5-7-16)11-21-18(22)12-26-19(23)13-25-17-8-2-14(10-20)3-9-17/h2-9H,11-13H2,1H3,(H,21,22). The molecule has 0 radical (unpaired) electrons. The maximum atomic E-state index is 11.7. The number of benzene rings is 2. The van der Waals surface area contributed by atoms with E-state index in [2.05, 4.69) is 5.32 Å².